The lowest BCUT2D eigenvalue weighted by Crippen LogP contribution is -2.47. The molecule has 0 saturated carbocycles. The van der Waals surface area contributed by atoms with E-state index in [1.54, 1.807) is 11.8 Å². The SMILES string of the molecule is O=C(NC1(c2nn[nH]n2)CCSC1)c1ccc(F)c(F)c1. The first-order valence-electron chi connectivity index (χ1n) is 6.20. The van der Waals surface area contributed by atoms with Crippen LogP contribution in [0, 0.1) is 11.6 Å². The molecule has 1 atom stereocenters. The van der Waals surface area contributed by atoms with E-state index in [0.29, 0.717) is 18.0 Å². The Morgan fingerprint density at radius 1 is 1.38 bits per heavy atom. The van der Waals surface area contributed by atoms with Gasteiger partial charge in [0.2, 0.25) is 5.82 Å². The van der Waals surface area contributed by atoms with Gasteiger partial charge in [0.05, 0.1) is 0 Å². The molecule has 9 heteroatoms. The molecule has 1 aliphatic rings. The van der Waals surface area contributed by atoms with E-state index in [1.807, 2.05) is 0 Å². The van der Waals surface area contributed by atoms with E-state index < -0.39 is 23.1 Å². The van der Waals surface area contributed by atoms with Crippen molar-refractivity contribution >= 4 is 17.7 Å². The maximum atomic E-state index is 13.2. The summed E-state index contributed by atoms with van der Waals surface area (Å²) in [6.07, 6.45) is 0.645. The summed E-state index contributed by atoms with van der Waals surface area (Å²) >= 11 is 1.65. The quantitative estimate of drug-likeness (QED) is 0.891. The lowest BCUT2D eigenvalue weighted by atomic mass is 9.97. The lowest BCUT2D eigenvalue weighted by Gasteiger charge is -2.25. The van der Waals surface area contributed by atoms with Gasteiger partial charge >= 0.3 is 0 Å². The molecule has 1 aliphatic heterocycles. The number of carbonyl (C=O) groups excluding carboxylic acids is 1. The molecule has 1 amide bonds. The molecule has 0 spiro atoms. The van der Waals surface area contributed by atoms with Gasteiger partial charge in [-0.15, -0.1) is 10.2 Å². The Bertz CT molecular complexity index is 658. The van der Waals surface area contributed by atoms with Crippen LogP contribution in [0.4, 0.5) is 8.78 Å². The molecule has 6 nitrogen and oxygen atoms in total. The van der Waals surface area contributed by atoms with Crippen molar-refractivity contribution in [3.8, 4) is 0 Å². The number of hydrogen-bond acceptors (Lipinski definition) is 5. The van der Waals surface area contributed by atoms with Crippen LogP contribution in [0.15, 0.2) is 18.2 Å². The first kappa shape index (κ1) is 13.9. The van der Waals surface area contributed by atoms with Crippen LogP contribution in [0.5, 0.6) is 0 Å². The molecule has 1 aromatic heterocycles. The second-order valence-corrected chi connectivity index (χ2v) is 5.81. The number of carbonyl (C=O) groups is 1. The van der Waals surface area contributed by atoms with Gasteiger partial charge in [-0.3, -0.25) is 4.79 Å². The number of nitrogens with zero attached hydrogens (tertiary/aromatic N) is 3. The first-order valence-corrected chi connectivity index (χ1v) is 7.35. The Morgan fingerprint density at radius 3 is 2.86 bits per heavy atom. The number of thioether (sulfide) groups is 1. The lowest BCUT2D eigenvalue weighted by molar-refractivity contribution is 0.0902. The highest BCUT2D eigenvalue weighted by Crippen LogP contribution is 2.34. The minimum Gasteiger partial charge on any atom is -0.338 e. The van der Waals surface area contributed by atoms with Crippen molar-refractivity contribution in [1.82, 2.24) is 25.9 Å². The van der Waals surface area contributed by atoms with E-state index in [4.69, 9.17) is 0 Å². The summed E-state index contributed by atoms with van der Waals surface area (Å²) in [6.45, 7) is 0. The van der Waals surface area contributed by atoms with Gasteiger partial charge in [-0.25, -0.2) is 8.78 Å². The number of tetrazole rings is 1. The molecule has 2 heterocycles. The fourth-order valence-electron chi connectivity index (χ4n) is 2.19. The van der Waals surface area contributed by atoms with Crippen LogP contribution < -0.4 is 5.32 Å². The largest absolute Gasteiger partial charge is 0.338 e. The number of hydrogen-bond donors (Lipinski definition) is 2. The van der Waals surface area contributed by atoms with Crippen molar-refractivity contribution in [2.45, 2.75) is 12.0 Å². The van der Waals surface area contributed by atoms with Crippen LogP contribution in [0.2, 0.25) is 0 Å². The van der Waals surface area contributed by atoms with E-state index in [0.717, 1.165) is 17.9 Å². The molecular formula is C12H11F2N5OS. The normalized spacial score (nSPS) is 21.4. The zero-order valence-corrected chi connectivity index (χ0v) is 11.6. The highest BCUT2D eigenvalue weighted by molar-refractivity contribution is 7.99. The molecule has 2 aromatic rings. The van der Waals surface area contributed by atoms with Gasteiger partial charge in [0.15, 0.2) is 11.6 Å². The van der Waals surface area contributed by atoms with E-state index in [2.05, 4.69) is 25.9 Å². The molecule has 1 unspecified atom stereocenters. The third-order valence-corrected chi connectivity index (χ3v) is 4.52. The van der Waals surface area contributed by atoms with Crippen molar-refractivity contribution in [3.05, 3.63) is 41.2 Å². The first-order chi connectivity index (χ1) is 10.1. The van der Waals surface area contributed by atoms with Crippen LogP contribution in [-0.2, 0) is 5.54 Å². The third kappa shape index (κ3) is 2.60. The second kappa shape index (κ2) is 5.40. The Kier molecular flexibility index (Phi) is 3.58. The molecule has 3 rings (SSSR count). The van der Waals surface area contributed by atoms with Crippen LogP contribution in [0.25, 0.3) is 0 Å². The average Bonchev–Trinajstić information content (AvgIpc) is 3.13. The standard InChI is InChI=1S/C12H11F2N5OS/c13-8-2-1-7(5-9(8)14)10(20)15-12(3-4-21-6-12)11-16-18-19-17-11/h1-2,5H,3-4,6H2,(H,15,20)(H,16,17,18,19). The summed E-state index contributed by atoms with van der Waals surface area (Å²) in [5, 5.41) is 16.6. The molecule has 1 fully saturated rings. The highest BCUT2D eigenvalue weighted by atomic mass is 32.2. The summed E-state index contributed by atoms with van der Waals surface area (Å²) in [4.78, 5) is 12.3. The topological polar surface area (TPSA) is 83.6 Å². The monoisotopic (exact) mass is 311 g/mol. The Balaban J connectivity index is 1.86. The van der Waals surface area contributed by atoms with Crippen LogP contribution in [0.3, 0.4) is 0 Å². The van der Waals surface area contributed by atoms with Crippen LogP contribution >= 0.6 is 11.8 Å². The minimum atomic E-state index is -1.06. The predicted octanol–water partition coefficient (Wildman–Crippen LogP) is 1.24. The van der Waals surface area contributed by atoms with Crippen molar-refractivity contribution < 1.29 is 13.6 Å². The van der Waals surface area contributed by atoms with Crippen LogP contribution in [0.1, 0.15) is 22.6 Å². The maximum Gasteiger partial charge on any atom is 0.252 e. The number of rotatable bonds is 3. The molecular weight excluding hydrogens is 300 g/mol. The van der Waals surface area contributed by atoms with Gasteiger partial charge in [-0.05, 0) is 30.4 Å². The van der Waals surface area contributed by atoms with Gasteiger partial charge < -0.3 is 5.32 Å². The average molecular weight is 311 g/mol. The number of H-pyrrole nitrogens is 1. The molecule has 1 aromatic carbocycles. The molecule has 110 valence electrons. The molecule has 1 saturated heterocycles. The van der Waals surface area contributed by atoms with E-state index in [9.17, 15) is 13.6 Å². The smallest absolute Gasteiger partial charge is 0.252 e. The van der Waals surface area contributed by atoms with Crippen LogP contribution in [-0.4, -0.2) is 38.0 Å². The number of aromatic amines is 1. The number of benzene rings is 1. The summed E-state index contributed by atoms with van der Waals surface area (Å²) in [5.41, 5.74) is -0.687. The predicted molar refractivity (Wildman–Crippen MR) is 71.6 cm³/mol. The minimum absolute atomic E-state index is 0.0497. The van der Waals surface area contributed by atoms with E-state index >= 15 is 0 Å². The maximum absolute atomic E-state index is 13.2. The molecule has 2 N–H and O–H groups in total. The van der Waals surface area contributed by atoms with Crippen molar-refractivity contribution in [2.24, 2.45) is 0 Å². The second-order valence-electron chi connectivity index (χ2n) is 4.70. The Hall–Kier alpha value is -2.03. The number of amides is 1. The van der Waals surface area contributed by atoms with Crippen molar-refractivity contribution in [3.63, 3.8) is 0 Å². The number of aromatic nitrogens is 4. The fourth-order valence-corrected chi connectivity index (χ4v) is 3.52. The van der Waals surface area contributed by atoms with Gasteiger partial charge in [0.1, 0.15) is 5.54 Å². The summed E-state index contributed by atoms with van der Waals surface area (Å²) in [7, 11) is 0. The van der Waals surface area contributed by atoms with Crippen molar-refractivity contribution in [2.75, 3.05) is 11.5 Å². The summed E-state index contributed by atoms with van der Waals surface area (Å²) < 4.78 is 26.1. The molecule has 0 aliphatic carbocycles. The van der Waals surface area contributed by atoms with Gasteiger partial charge in [0.25, 0.3) is 5.91 Å². The van der Waals surface area contributed by atoms with Gasteiger partial charge in [-0.2, -0.15) is 17.0 Å². The molecule has 0 radical (unpaired) electrons. The summed E-state index contributed by atoms with van der Waals surface area (Å²) in [5.74, 6) is -0.716. The van der Waals surface area contributed by atoms with Crippen molar-refractivity contribution in [1.29, 1.82) is 0 Å². The zero-order valence-electron chi connectivity index (χ0n) is 10.8. The summed E-state index contributed by atoms with van der Waals surface area (Å²) in [6, 6.07) is 3.03. The molecule has 0 bridgehead atoms. The van der Waals surface area contributed by atoms with Gasteiger partial charge in [0, 0.05) is 11.3 Å². The highest BCUT2D eigenvalue weighted by Gasteiger charge is 2.41. The fraction of sp³-hybridized carbons (Fsp3) is 0.333. The Labute approximate surface area is 122 Å². The number of halogens is 2. The van der Waals surface area contributed by atoms with E-state index in [-0.39, 0.29) is 5.56 Å². The number of nitrogens with one attached hydrogen (secondary N) is 2. The van der Waals surface area contributed by atoms with Gasteiger partial charge in [-0.1, -0.05) is 5.21 Å². The Morgan fingerprint density at radius 2 is 2.24 bits per heavy atom. The van der Waals surface area contributed by atoms with E-state index in [1.165, 1.54) is 6.07 Å². The molecule has 21 heavy (non-hydrogen) atoms. The third-order valence-electron chi connectivity index (χ3n) is 3.33. The zero-order chi connectivity index (χ0) is 14.9.